The number of carbonyl (C=O) groups is 1. The van der Waals surface area contributed by atoms with Crippen molar-refractivity contribution in [2.75, 3.05) is 39.3 Å². The number of nitrogens with zero attached hydrogens (tertiary/aromatic N) is 2. The molecule has 3 heterocycles. The molecule has 3 fully saturated rings. The van der Waals surface area contributed by atoms with Crippen molar-refractivity contribution in [2.24, 2.45) is 5.92 Å². The van der Waals surface area contributed by atoms with Gasteiger partial charge in [0.25, 0.3) is 0 Å². The Morgan fingerprint density at radius 1 is 1.11 bits per heavy atom. The summed E-state index contributed by atoms with van der Waals surface area (Å²) in [4.78, 5) is 17.6. The van der Waals surface area contributed by atoms with Crippen molar-refractivity contribution in [2.45, 2.75) is 42.2 Å². The highest BCUT2D eigenvalue weighted by Gasteiger charge is 2.86. The molecular weight excluding hydrogens is 356 g/mol. The van der Waals surface area contributed by atoms with Gasteiger partial charge in [0, 0.05) is 30.1 Å². The summed E-state index contributed by atoms with van der Waals surface area (Å²) in [6.07, 6.45) is 8.79. The number of rotatable bonds is 2. The van der Waals surface area contributed by atoms with Crippen LogP contribution in [-0.4, -0.2) is 56.5 Å². The second-order valence-corrected chi connectivity index (χ2v) is 8.88. The lowest BCUT2D eigenvalue weighted by Crippen LogP contribution is -2.54. The number of hydrogen-bond acceptors (Lipinski definition) is 5. The molecule has 2 saturated carbocycles. The third-order valence-electron chi connectivity index (χ3n) is 8.50. The van der Waals surface area contributed by atoms with Gasteiger partial charge in [-0.1, -0.05) is 12.2 Å². The summed E-state index contributed by atoms with van der Waals surface area (Å²) in [7, 11) is 4.79. The van der Waals surface area contributed by atoms with Crippen molar-refractivity contribution in [3.05, 3.63) is 29.8 Å². The van der Waals surface area contributed by atoms with E-state index in [1.807, 2.05) is 11.0 Å². The van der Waals surface area contributed by atoms with Crippen molar-refractivity contribution < 1.29 is 19.0 Å². The van der Waals surface area contributed by atoms with Gasteiger partial charge in [-0.05, 0) is 43.2 Å². The minimum Gasteiger partial charge on any atom is -0.493 e. The summed E-state index contributed by atoms with van der Waals surface area (Å²) in [5.41, 5.74) is 2.20. The molecule has 5 aliphatic rings. The maximum absolute atomic E-state index is 13.0. The predicted molar refractivity (Wildman–Crippen MR) is 104 cm³/mol. The highest BCUT2D eigenvalue weighted by Crippen LogP contribution is 2.81. The number of anilines is 1. The van der Waals surface area contributed by atoms with E-state index in [0.29, 0.717) is 11.7 Å². The van der Waals surface area contributed by atoms with Crippen LogP contribution >= 0.6 is 0 Å². The molecule has 0 radical (unpaired) electrons. The van der Waals surface area contributed by atoms with Crippen LogP contribution in [0.15, 0.2) is 24.3 Å². The molecule has 2 aliphatic carbocycles. The van der Waals surface area contributed by atoms with E-state index in [-0.39, 0.29) is 22.6 Å². The van der Waals surface area contributed by atoms with Crippen molar-refractivity contribution in [1.29, 1.82) is 0 Å². The maximum atomic E-state index is 13.0. The zero-order valence-corrected chi connectivity index (χ0v) is 16.7. The first-order chi connectivity index (χ1) is 13.6. The quantitative estimate of drug-likeness (QED) is 0.736. The van der Waals surface area contributed by atoms with Crippen LogP contribution in [0.1, 0.15) is 31.2 Å². The molecule has 1 aromatic carbocycles. The van der Waals surface area contributed by atoms with Gasteiger partial charge in [-0.2, -0.15) is 0 Å². The van der Waals surface area contributed by atoms with Crippen LogP contribution in [0.2, 0.25) is 0 Å². The van der Waals surface area contributed by atoms with E-state index in [4.69, 9.17) is 14.2 Å². The number of ether oxygens (including phenoxy) is 3. The molecule has 6 rings (SSSR count). The fraction of sp³-hybridized carbons (Fsp3) is 0.591. The Kier molecular flexibility index (Phi) is 3.01. The Balaban J connectivity index is 1.57. The molecule has 1 aromatic rings. The summed E-state index contributed by atoms with van der Waals surface area (Å²) >= 11 is 0. The highest BCUT2D eigenvalue weighted by atomic mass is 16.5. The minimum atomic E-state index is -0.256. The van der Waals surface area contributed by atoms with Crippen LogP contribution in [0.25, 0.3) is 0 Å². The fourth-order valence-electron chi connectivity index (χ4n) is 7.42. The molecule has 6 nitrogen and oxygen atoms in total. The van der Waals surface area contributed by atoms with Crippen LogP contribution in [-0.2, 0) is 10.2 Å². The molecule has 4 unspecified atom stereocenters. The smallest absolute Gasteiger partial charge is 0.414 e. The molecule has 0 aromatic heterocycles. The van der Waals surface area contributed by atoms with Gasteiger partial charge in [0.15, 0.2) is 11.5 Å². The summed E-state index contributed by atoms with van der Waals surface area (Å²) in [6.45, 7) is 2.11. The zero-order valence-electron chi connectivity index (χ0n) is 16.7. The van der Waals surface area contributed by atoms with Gasteiger partial charge < -0.3 is 14.2 Å². The number of hydrogen-bond donors (Lipinski definition) is 0. The molecule has 148 valence electrons. The molecule has 28 heavy (non-hydrogen) atoms. The molecular formula is C22H26N2O4. The van der Waals surface area contributed by atoms with Gasteiger partial charge >= 0.3 is 6.09 Å². The van der Waals surface area contributed by atoms with Gasteiger partial charge in [0.1, 0.15) is 0 Å². The monoisotopic (exact) mass is 382 g/mol. The van der Waals surface area contributed by atoms with E-state index in [0.717, 1.165) is 50.2 Å². The Morgan fingerprint density at radius 3 is 2.64 bits per heavy atom. The van der Waals surface area contributed by atoms with E-state index in [1.54, 1.807) is 14.2 Å². The Morgan fingerprint density at radius 2 is 1.89 bits per heavy atom. The lowest BCUT2D eigenvalue weighted by atomic mass is 9.78. The second kappa shape index (κ2) is 5.03. The maximum Gasteiger partial charge on any atom is 0.414 e. The van der Waals surface area contributed by atoms with Gasteiger partial charge in [0.05, 0.1) is 32.6 Å². The SMILES string of the molecule is COC(=O)N1c2cc(OC)c(OC)cc2C23CCN4CC=CC45CCC12C3C5. The van der Waals surface area contributed by atoms with E-state index in [2.05, 4.69) is 23.1 Å². The minimum absolute atomic E-state index is 0.00223. The van der Waals surface area contributed by atoms with Crippen molar-refractivity contribution >= 4 is 11.8 Å². The zero-order chi connectivity index (χ0) is 19.3. The number of carbonyl (C=O) groups excluding carboxylic acids is 1. The Bertz CT molecular complexity index is 929. The van der Waals surface area contributed by atoms with Crippen LogP contribution in [0.4, 0.5) is 10.5 Å². The topological polar surface area (TPSA) is 51.2 Å². The lowest BCUT2D eigenvalue weighted by molar-refractivity contribution is 0.104. The Hall–Kier alpha value is -2.21. The highest BCUT2D eigenvalue weighted by molar-refractivity contribution is 5.98. The van der Waals surface area contributed by atoms with Crippen LogP contribution < -0.4 is 14.4 Å². The van der Waals surface area contributed by atoms with E-state index in [9.17, 15) is 4.79 Å². The summed E-state index contributed by atoms with van der Waals surface area (Å²) in [6, 6.07) is 4.09. The number of fused-ring (bicyclic) bond motifs is 1. The fourth-order valence-corrected chi connectivity index (χ4v) is 7.42. The summed E-state index contributed by atoms with van der Waals surface area (Å²) in [5, 5.41) is 0. The first-order valence-corrected chi connectivity index (χ1v) is 10.2. The predicted octanol–water partition coefficient (Wildman–Crippen LogP) is 3.09. The first kappa shape index (κ1) is 16.7. The normalized spacial score (nSPS) is 39.0. The van der Waals surface area contributed by atoms with Gasteiger partial charge in [-0.25, -0.2) is 4.79 Å². The average Bonchev–Trinajstić information content (AvgIpc) is 3.02. The van der Waals surface area contributed by atoms with Crippen LogP contribution in [0, 0.1) is 5.92 Å². The molecule has 6 heteroatoms. The molecule has 2 bridgehead atoms. The Labute approximate surface area is 165 Å². The summed E-state index contributed by atoms with van der Waals surface area (Å²) in [5.74, 6) is 1.86. The van der Waals surface area contributed by atoms with Crippen LogP contribution in [0.3, 0.4) is 0 Å². The lowest BCUT2D eigenvalue weighted by Gasteiger charge is -2.45. The summed E-state index contributed by atoms with van der Waals surface area (Å²) < 4.78 is 16.4. The standard InChI is InChI=1S/C22H26N2O4/c1-26-16-11-14-15(12-17(16)27-2)24(19(25)28-3)22-7-6-20-5-4-9-23(20)10-8-21(14,22)18(22)13-20/h4-5,11-12,18H,6-10,13H2,1-3H3. The largest absolute Gasteiger partial charge is 0.493 e. The second-order valence-electron chi connectivity index (χ2n) is 8.88. The average molecular weight is 382 g/mol. The molecule has 0 N–H and O–H groups in total. The first-order valence-electron chi connectivity index (χ1n) is 10.2. The third kappa shape index (κ3) is 1.53. The molecule has 1 saturated heterocycles. The number of methoxy groups -OCH3 is 3. The van der Waals surface area contributed by atoms with Gasteiger partial charge in [0.2, 0.25) is 0 Å². The van der Waals surface area contributed by atoms with Gasteiger partial charge in [-0.3, -0.25) is 9.80 Å². The van der Waals surface area contributed by atoms with Crippen molar-refractivity contribution in [3.8, 4) is 11.5 Å². The molecule has 4 atom stereocenters. The van der Waals surface area contributed by atoms with E-state index < -0.39 is 0 Å². The number of benzene rings is 1. The number of amides is 1. The van der Waals surface area contributed by atoms with E-state index >= 15 is 0 Å². The van der Waals surface area contributed by atoms with Gasteiger partial charge in [-0.15, -0.1) is 0 Å². The molecule has 1 amide bonds. The van der Waals surface area contributed by atoms with Crippen LogP contribution in [0.5, 0.6) is 11.5 Å². The van der Waals surface area contributed by atoms with E-state index in [1.165, 1.54) is 12.7 Å². The third-order valence-corrected chi connectivity index (χ3v) is 8.50. The van der Waals surface area contributed by atoms with Crippen molar-refractivity contribution in [1.82, 2.24) is 4.90 Å². The molecule has 3 aliphatic heterocycles. The van der Waals surface area contributed by atoms with Crippen molar-refractivity contribution in [3.63, 3.8) is 0 Å². The molecule has 3 spiro atoms.